The molecule has 0 saturated carbocycles. The fourth-order valence-corrected chi connectivity index (χ4v) is 3.54. The Morgan fingerprint density at radius 3 is 2.45 bits per heavy atom. The summed E-state index contributed by atoms with van der Waals surface area (Å²) in [5.41, 5.74) is 2.86. The number of hydrogen-bond acceptors (Lipinski definition) is 4. The molecule has 2 aromatic carbocycles. The lowest BCUT2D eigenvalue weighted by molar-refractivity contribution is 0.0746. The first-order valence-electron chi connectivity index (χ1n) is 10.7. The molecule has 0 radical (unpaired) electrons. The lowest BCUT2D eigenvalue weighted by Crippen LogP contribution is -2.48. The van der Waals surface area contributed by atoms with Crippen LogP contribution in [0.4, 0.5) is 5.69 Å². The smallest absolute Gasteiger partial charge is 0.253 e. The van der Waals surface area contributed by atoms with Crippen LogP contribution in [0.15, 0.2) is 48.5 Å². The summed E-state index contributed by atoms with van der Waals surface area (Å²) < 4.78 is 11.5. The highest BCUT2D eigenvalue weighted by molar-refractivity contribution is 5.94. The van der Waals surface area contributed by atoms with Crippen LogP contribution in [0.1, 0.15) is 42.6 Å². The van der Waals surface area contributed by atoms with Crippen LogP contribution in [0.2, 0.25) is 0 Å². The molecule has 1 heterocycles. The Kier molecular flexibility index (Phi) is 7.94. The van der Waals surface area contributed by atoms with Gasteiger partial charge in [0.15, 0.2) is 0 Å². The highest BCUT2D eigenvalue weighted by Crippen LogP contribution is 2.23. The van der Waals surface area contributed by atoms with Crippen molar-refractivity contribution in [2.45, 2.75) is 33.3 Å². The third-order valence-electron chi connectivity index (χ3n) is 5.20. The number of anilines is 1. The van der Waals surface area contributed by atoms with Gasteiger partial charge in [-0.05, 0) is 43.7 Å². The van der Waals surface area contributed by atoms with Crippen molar-refractivity contribution in [3.63, 3.8) is 0 Å². The zero-order chi connectivity index (χ0) is 20.5. The molecule has 0 bridgehead atoms. The summed E-state index contributed by atoms with van der Waals surface area (Å²) in [5.74, 6) is 0.880. The monoisotopic (exact) mass is 396 g/mol. The standard InChI is InChI=1S/C24H32N2O3/c1-3-5-17-28-19-21-18-20(11-12-23(21)29-4-2)24(27)26-15-13-25(14-16-26)22-9-7-6-8-10-22/h6-12,18H,3-5,13-17,19H2,1-2H3. The number of nitrogens with zero attached hydrogens (tertiary/aromatic N) is 2. The highest BCUT2D eigenvalue weighted by Gasteiger charge is 2.23. The van der Waals surface area contributed by atoms with Gasteiger partial charge in [-0.2, -0.15) is 0 Å². The zero-order valence-corrected chi connectivity index (χ0v) is 17.6. The second-order valence-corrected chi connectivity index (χ2v) is 7.28. The van der Waals surface area contributed by atoms with E-state index < -0.39 is 0 Å². The van der Waals surface area contributed by atoms with Crippen molar-refractivity contribution in [3.05, 3.63) is 59.7 Å². The number of unbranched alkanes of at least 4 members (excludes halogenated alkanes) is 1. The Morgan fingerprint density at radius 2 is 1.76 bits per heavy atom. The number of amides is 1. The summed E-state index contributed by atoms with van der Waals surface area (Å²) in [7, 11) is 0. The van der Waals surface area contributed by atoms with Crippen LogP contribution in [-0.4, -0.2) is 50.2 Å². The summed E-state index contributed by atoms with van der Waals surface area (Å²) in [6.45, 7) is 9.04. The van der Waals surface area contributed by atoms with Gasteiger partial charge in [-0.3, -0.25) is 4.79 Å². The van der Waals surface area contributed by atoms with Crippen LogP contribution in [0.25, 0.3) is 0 Å². The van der Waals surface area contributed by atoms with Crippen LogP contribution in [0, 0.1) is 0 Å². The van der Waals surface area contributed by atoms with Gasteiger partial charge in [-0.15, -0.1) is 0 Å². The Balaban J connectivity index is 1.64. The molecule has 1 fully saturated rings. The van der Waals surface area contributed by atoms with Gasteiger partial charge in [0.25, 0.3) is 5.91 Å². The minimum atomic E-state index is 0.0792. The van der Waals surface area contributed by atoms with Gasteiger partial charge in [0.2, 0.25) is 0 Å². The molecule has 1 saturated heterocycles. The van der Waals surface area contributed by atoms with E-state index in [2.05, 4.69) is 36.1 Å². The maximum absolute atomic E-state index is 13.1. The summed E-state index contributed by atoms with van der Waals surface area (Å²) in [6, 6.07) is 16.1. The first-order valence-corrected chi connectivity index (χ1v) is 10.7. The fourth-order valence-electron chi connectivity index (χ4n) is 3.54. The summed E-state index contributed by atoms with van der Waals surface area (Å²) >= 11 is 0. The number of benzene rings is 2. The van der Waals surface area contributed by atoms with E-state index in [9.17, 15) is 4.79 Å². The van der Waals surface area contributed by atoms with Crippen molar-refractivity contribution in [2.75, 3.05) is 44.3 Å². The number of piperazine rings is 1. The van der Waals surface area contributed by atoms with E-state index in [-0.39, 0.29) is 5.91 Å². The summed E-state index contributed by atoms with van der Waals surface area (Å²) in [6.07, 6.45) is 2.14. The molecule has 0 spiro atoms. The molecule has 0 atom stereocenters. The van der Waals surface area contributed by atoms with Crippen LogP contribution < -0.4 is 9.64 Å². The van der Waals surface area contributed by atoms with Gasteiger partial charge in [0, 0.05) is 49.6 Å². The molecule has 0 aliphatic carbocycles. The largest absolute Gasteiger partial charge is 0.494 e. The third-order valence-corrected chi connectivity index (χ3v) is 5.20. The Morgan fingerprint density at radius 1 is 1.00 bits per heavy atom. The van der Waals surface area contributed by atoms with Gasteiger partial charge in [0.05, 0.1) is 13.2 Å². The molecule has 2 aromatic rings. The number of ether oxygens (including phenoxy) is 2. The van der Waals surface area contributed by atoms with Crippen LogP contribution in [-0.2, 0) is 11.3 Å². The van der Waals surface area contributed by atoms with Crippen molar-refractivity contribution in [1.82, 2.24) is 4.90 Å². The quantitative estimate of drug-likeness (QED) is 0.591. The lowest BCUT2D eigenvalue weighted by atomic mass is 10.1. The first kappa shape index (κ1) is 21.2. The van der Waals surface area contributed by atoms with E-state index >= 15 is 0 Å². The van der Waals surface area contributed by atoms with E-state index in [1.165, 1.54) is 5.69 Å². The molecule has 0 aromatic heterocycles. The molecule has 5 nitrogen and oxygen atoms in total. The molecule has 0 unspecified atom stereocenters. The van der Waals surface area contributed by atoms with E-state index in [0.717, 1.165) is 56.9 Å². The van der Waals surface area contributed by atoms with Crippen molar-refractivity contribution >= 4 is 11.6 Å². The maximum atomic E-state index is 13.1. The van der Waals surface area contributed by atoms with Crippen LogP contribution in [0.3, 0.4) is 0 Å². The second kappa shape index (κ2) is 10.9. The number of rotatable bonds is 9. The average molecular weight is 397 g/mol. The highest BCUT2D eigenvalue weighted by atomic mass is 16.5. The second-order valence-electron chi connectivity index (χ2n) is 7.28. The average Bonchev–Trinajstić information content (AvgIpc) is 2.78. The topological polar surface area (TPSA) is 42.0 Å². The van der Waals surface area contributed by atoms with Crippen molar-refractivity contribution in [2.24, 2.45) is 0 Å². The van der Waals surface area contributed by atoms with Gasteiger partial charge in [0.1, 0.15) is 5.75 Å². The molecule has 1 aliphatic heterocycles. The molecule has 1 amide bonds. The van der Waals surface area contributed by atoms with Crippen molar-refractivity contribution < 1.29 is 14.3 Å². The molecule has 156 valence electrons. The molecule has 3 rings (SSSR count). The Bertz CT molecular complexity index is 771. The first-order chi connectivity index (χ1) is 14.2. The van der Waals surface area contributed by atoms with Gasteiger partial charge in [-0.25, -0.2) is 0 Å². The van der Waals surface area contributed by atoms with Gasteiger partial charge < -0.3 is 19.3 Å². The number of carbonyl (C=O) groups excluding carboxylic acids is 1. The maximum Gasteiger partial charge on any atom is 0.253 e. The van der Waals surface area contributed by atoms with E-state index in [1.54, 1.807) is 0 Å². The molecule has 29 heavy (non-hydrogen) atoms. The van der Waals surface area contributed by atoms with Gasteiger partial charge >= 0.3 is 0 Å². The Labute approximate surface area is 174 Å². The number of hydrogen-bond donors (Lipinski definition) is 0. The molecular formula is C24H32N2O3. The van der Waals surface area contributed by atoms with Crippen molar-refractivity contribution in [1.29, 1.82) is 0 Å². The van der Waals surface area contributed by atoms with E-state index in [4.69, 9.17) is 9.47 Å². The van der Waals surface area contributed by atoms with Crippen molar-refractivity contribution in [3.8, 4) is 5.75 Å². The molecule has 5 heteroatoms. The summed E-state index contributed by atoms with van der Waals surface area (Å²) in [5, 5.41) is 0. The number of para-hydroxylation sites is 1. The normalized spacial score (nSPS) is 14.1. The van der Waals surface area contributed by atoms with Crippen LogP contribution in [0.5, 0.6) is 5.75 Å². The van der Waals surface area contributed by atoms with Gasteiger partial charge in [-0.1, -0.05) is 31.5 Å². The SMILES string of the molecule is CCCCOCc1cc(C(=O)N2CCN(c3ccccc3)CC2)ccc1OCC. The minimum absolute atomic E-state index is 0.0792. The zero-order valence-electron chi connectivity index (χ0n) is 17.6. The minimum Gasteiger partial charge on any atom is -0.494 e. The summed E-state index contributed by atoms with van der Waals surface area (Å²) in [4.78, 5) is 17.3. The van der Waals surface area contributed by atoms with Crippen LogP contribution >= 0.6 is 0 Å². The van der Waals surface area contributed by atoms with E-state index in [1.807, 2.05) is 36.1 Å². The molecular weight excluding hydrogens is 364 g/mol. The Hall–Kier alpha value is -2.53. The predicted octanol–water partition coefficient (Wildman–Crippen LogP) is 4.36. The molecule has 0 N–H and O–H groups in total. The predicted molar refractivity (Wildman–Crippen MR) is 117 cm³/mol. The van der Waals surface area contributed by atoms with E-state index in [0.29, 0.717) is 18.8 Å². The number of carbonyl (C=O) groups is 1. The third kappa shape index (κ3) is 5.73. The fraction of sp³-hybridized carbons (Fsp3) is 0.458. The lowest BCUT2D eigenvalue weighted by Gasteiger charge is -2.36. The molecule has 1 aliphatic rings.